The Morgan fingerprint density at radius 1 is 1.19 bits per heavy atom. The van der Waals surface area contributed by atoms with E-state index in [2.05, 4.69) is 11.2 Å². The summed E-state index contributed by atoms with van der Waals surface area (Å²) in [6.07, 6.45) is 6.94. The van der Waals surface area contributed by atoms with Crippen molar-refractivity contribution in [1.29, 1.82) is 0 Å². The standard InChI is InChI=1S/C21H19ClN2O2/c1-2-15-5-3-7-19(13-15)23-20(25)17-6-4-12-24(14-17)21(26)16-8-10-18(22)11-9-16/h1,3,5,7-11,13,17H,4,6,12,14H2,(H,23,25). The summed E-state index contributed by atoms with van der Waals surface area (Å²) in [4.78, 5) is 27.0. The third-order valence-electron chi connectivity index (χ3n) is 4.47. The van der Waals surface area contributed by atoms with Crippen molar-refractivity contribution in [2.75, 3.05) is 18.4 Å². The highest BCUT2D eigenvalue weighted by molar-refractivity contribution is 6.30. The summed E-state index contributed by atoms with van der Waals surface area (Å²) < 4.78 is 0. The van der Waals surface area contributed by atoms with Crippen LogP contribution < -0.4 is 5.32 Å². The highest BCUT2D eigenvalue weighted by atomic mass is 35.5. The predicted molar refractivity (Wildman–Crippen MR) is 103 cm³/mol. The number of piperidine rings is 1. The molecular weight excluding hydrogens is 348 g/mol. The number of benzene rings is 2. The van der Waals surface area contributed by atoms with E-state index in [9.17, 15) is 9.59 Å². The van der Waals surface area contributed by atoms with E-state index in [1.165, 1.54) is 0 Å². The summed E-state index contributed by atoms with van der Waals surface area (Å²) in [6.45, 7) is 1.06. The number of nitrogens with one attached hydrogen (secondary N) is 1. The molecule has 1 saturated heterocycles. The molecule has 1 atom stereocenters. The van der Waals surface area contributed by atoms with Gasteiger partial charge in [0.05, 0.1) is 5.92 Å². The first-order valence-electron chi connectivity index (χ1n) is 8.49. The normalized spacial score (nSPS) is 16.6. The van der Waals surface area contributed by atoms with Crippen LogP contribution in [-0.2, 0) is 4.79 Å². The lowest BCUT2D eigenvalue weighted by Crippen LogP contribution is -2.43. The van der Waals surface area contributed by atoms with Gasteiger partial charge in [0.1, 0.15) is 0 Å². The summed E-state index contributed by atoms with van der Waals surface area (Å²) in [5, 5.41) is 3.49. The zero-order chi connectivity index (χ0) is 18.5. The Kier molecular flexibility index (Phi) is 5.60. The predicted octanol–water partition coefficient (Wildman–Crippen LogP) is 3.81. The number of terminal acetylenes is 1. The second-order valence-electron chi connectivity index (χ2n) is 6.31. The summed E-state index contributed by atoms with van der Waals surface area (Å²) in [5.74, 6) is 2.14. The van der Waals surface area contributed by atoms with Crippen molar-refractivity contribution >= 4 is 29.1 Å². The molecule has 1 fully saturated rings. The molecule has 5 heteroatoms. The summed E-state index contributed by atoms with van der Waals surface area (Å²) >= 11 is 5.88. The number of carbonyl (C=O) groups is 2. The third kappa shape index (κ3) is 4.25. The lowest BCUT2D eigenvalue weighted by molar-refractivity contribution is -0.121. The number of nitrogens with zero attached hydrogens (tertiary/aromatic N) is 1. The summed E-state index contributed by atoms with van der Waals surface area (Å²) in [7, 11) is 0. The van der Waals surface area contributed by atoms with E-state index in [1.54, 1.807) is 41.3 Å². The van der Waals surface area contributed by atoms with Crippen molar-refractivity contribution in [3.63, 3.8) is 0 Å². The first-order chi connectivity index (χ1) is 12.6. The highest BCUT2D eigenvalue weighted by Crippen LogP contribution is 2.21. The second-order valence-corrected chi connectivity index (χ2v) is 6.75. The van der Waals surface area contributed by atoms with Gasteiger partial charge in [0.25, 0.3) is 5.91 Å². The molecule has 1 N–H and O–H groups in total. The van der Waals surface area contributed by atoms with E-state index in [-0.39, 0.29) is 17.7 Å². The van der Waals surface area contributed by atoms with Crippen LogP contribution in [0.3, 0.4) is 0 Å². The summed E-state index contributed by atoms with van der Waals surface area (Å²) in [6, 6.07) is 14.0. The van der Waals surface area contributed by atoms with Gasteiger partial charge in [-0.1, -0.05) is 23.6 Å². The Bertz CT molecular complexity index is 855. The number of hydrogen-bond donors (Lipinski definition) is 1. The molecule has 0 aliphatic carbocycles. The molecule has 1 aliphatic rings. The van der Waals surface area contributed by atoms with Crippen molar-refractivity contribution in [1.82, 2.24) is 4.90 Å². The maximum atomic E-state index is 12.6. The van der Waals surface area contributed by atoms with E-state index in [0.29, 0.717) is 34.9 Å². The SMILES string of the molecule is C#Cc1cccc(NC(=O)C2CCCN(C(=O)c3ccc(Cl)cc3)C2)c1. The van der Waals surface area contributed by atoms with Gasteiger partial charge >= 0.3 is 0 Å². The maximum absolute atomic E-state index is 12.6. The Hall–Kier alpha value is -2.77. The van der Waals surface area contributed by atoms with Crippen LogP contribution >= 0.6 is 11.6 Å². The molecular formula is C21H19ClN2O2. The van der Waals surface area contributed by atoms with Crippen LogP contribution in [0.15, 0.2) is 48.5 Å². The fourth-order valence-corrected chi connectivity index (χ4v) is 3.21. The van der Waals surface area contributed by atoms with Crippen molar-refractivity contribution < 1.29 is 9.59 Å². The number of hydrogen-bond acceptors (Lipinski definition) is 2. The van der Waals surface area contributed by atoms with Gasteiger partial charge in [0, 0.05) is 34.9 Å². The van der Waals surface area contributed by atoms with Gasteiger partial charge in [-0.15, -0.1) is 6.42 Å². The fourth-order valence-electron chi connectivity index (χ4n) is 3.08. The molecule has 0 radical (unpaired) electrons. The van der Waals surface area contributed by atoms with E-state index in [1.807, 2.05) is 12.1 Å². The summed E-state index contributed by atoms with van der Waals surface area (Å²) in [5.41, 5.74) is 1.97. The van der Waals surface area contributed by atoms with Crippen LogP contribution in [0.2, 0.25) is 5.02 Å². The van der Waals surface area contributed by atoms with E-state index < -0.39 is 0 Å². The average Bonchev–Trinajstić information content (AvgIpc) is 2.68. The molecule has 2 amide bonds. The molecule has 2 aromatic carbocycles. The minimum atomic E-state index is -0.241. The smallest absolute Gasteiger partial charge is 0.253 e. The van der Waals surface area contributed by atoms with Crippen LogP contribution in [0.25, 0.3) is 0 Å². The zero-order valence-corrected chi connectivity index (χ0v) is 15.0. The van der Waals surface area contributed by atoms with Gasteiger partial charge in [-0.25, -0.2) is 0 Å². The van der Waals surface area contributed by atoms with Crippen LogP contribution in [0, 0.1) is 18.3 Å². The number of rotatable bonds is 3. The quantitative estimate of drug-likeness (QED) is 0.840. The lowest BCUT2D eigenvalue weighted by atomic mass is 9.96. The molecule has 3 rings (SSSR count). The first-order valence-corrected chi connectivity index (χ1v) is 8.87. The number of halogens is 1. The Morgan fingerprint density at radius 2 is 1.96 bits per heavy atom. The molecule has 0 spiro atoms. The molecule has 0 saturated carbocycles. The van der Waals surface area contributed by atoms with E-state index >= 15 is 0 Å². The average molecular weight is 367 g/mol. The molecule has 26 heavy (non-hydrogen) atoms. The fraction of sp³-hybridized carbons (Fsp3) is 0.238. The number of anilines is 1. The molecule has 1 aliphatic heterocycles. The van der Waals surface area contributed by atoms with Crippen LogP contribution in [-0.4, -0.2) is 29.8 Å². The number of amides is 2. The molecule has 4 nitrogen and oxygen atoms in total. The van der Waals surface area contributed by atoms with Gasteiger partial charge in [0.15, 0.2) is 0 Å². The van der Waals surface area contributed by atoms with Crippen molar-refractivity contribution in [3.8, 4) is 12.3 Å². The van der Waals surface area contributed by atoms with Crippen molar-refractivity contribution in [2.45, 2.75) is 12.8 Å². The molecule has 2 aromatic rings. The van der Waals surface area contributed by atoms with Gasteiger partial charge in [-0.3, -0.25) is 9.59 Å². The van der Waals surface area contributed by atoms with Crippen molar-refractivity contribution in [2.24, 2.45) is 5.92 Å². The second kappa shape index (κ2) is 8.07. The van der Waals surface area contributed by atoms with Crippen LogP contribution in [0.5, 0.6) is 0 Å². The number of carbonyl (C=O) groups excluding carboxylic acids is 2. The first kappa shape index (κ1) is 18.0. The van der Waals surface area contributed by atoms with Gasteiger partial charge in [-0.2, -0.15) is 0 Å². The maximum Gasteiger partial charge on any atom is 0.253 e. The molecule has 0 bridgehead atoms. The van der Waals surface area contributed by atoms with E-state index in [4.69, 9.17) is 18.0 Å². The largest absolute Gasteiger partial charge is 0.338 e. The minimum Gasteiger partial charge on any atom is -0.338 e. The Labute approximate surface area is 158 Å². The topological polar surface area (TPSA) is 49.4 Å². The Morgan fingerprint density at radius 3 is 2.69 bits per heavy atom. The van der Waals surface area contributed by atoms with Crippen LogP contribution in [0.4, 0.5) is 5.69 Å². The Balaban J connectivity index is 1.65. The lowest BCUT2D eigenvalue weighted by Gasteiger charge is -2.32. The zero-order valence-electron chi connectivity index (χ0n) is 14.2. The molecule has 1 heterocycles. The van der Waals surface area contributed by atoms with Gasteiger partial charge in [0.2, 0.25) is 5.91 Å². The van der Waals surface area contributed by atoms with E-state index in [0.717, 1.165) is 12.8 Å². The van der Waals surface area contributed by atoms with Crippen LogP contribution in [0.1, 0.15) is 28.8 Å². The van der Waals surface area contributed by atoms with Crippen molar-refractivity contribution in [3.05, 3.63) is 64.7 Å². The molecule has 132 valence electrons. The number of likely N-dealkylation sites (tertiary alicyclic amines) is 1. The minimum absolute atomic E-state index is 0.0755. The van der Waals surface area contributed by atoms with Gasteiger partial charge in [-0.05, 0) is 55.3 Å². The molecule has 0 aromatic heterocycles. The monoisotopic (exact) mass is 366 g/mol. The third-order valence-corrected chi connectivity index (χ3v) is 4.72. The highest BCUT2D eigenvalue weighted by Gasteiger charge is 2.29. The van der Waals surface area contributed by atoms with Gasteiger partial charge < -0.3 is 10.2 Å². The molecule has 1 unspecified atom stereocenters.